The van der Waals surface area contributed by atoms with Gasteiger partial charge < -0.3 is 24.8 Å². The van der Waals surface area contributed by atoms with Crippen molar-refractivity contribution in [1.82, 2.24) is 10.2 Å². The van der Waals surface area contributed by atoms with Crippen molar-refractivity contribution in [2.24, 2.45) is 5.92 Å². The maximum Gasteiger partial charge on any atom is 0.407 e. The van der Waals surface area contributed by atoms with Crippen LogP contribution in [-0.4, -0.2) is 59.3 Å². The summed E-state index contributed by atoms with van der Waals surface area (Å²) in [6, 6.07) is 21.2. The Morgan fingerprint density at radius 3 is 1.95 bits per heavy atom. The molecule has 1 aliphatic rings. The van der Waals surface area contributed by atoms with E-state index in [1.165, 1.54) is 11.9 Å². The summed E-state index contributed by atoms with van der Waals surface area (Å²) in [4.78, 5) is 39.9. The second kappa shape index (κ2) is 12.7. The van der Waals surface area contributed by atoms with Crippen molar-refractivity contribution in [3.05, 3.63) is 89.5 Å². The van der Waals surface area contributed by atoms with Crippen LogP contribution in [0.4, 0.5) is 4.79 Å². The lowest BCUT2D eigenvalue weighted by Gasteiger charge is -2.31. The van der Waals surface area contributed by atoms with Crippen LogP contribution in [0.2, 0.25) is 0 Å². The number of benzene rings is 3. The molecule has 0 aromatic heterocycles. The van der Waals surface area contributed by atoms with Gasteiger partial charge in [-0.05, 0) is 66.6 Å². The number of hydrogen-bond acceptors (Lipinski definition) is 5. The Hall–Kier alpha value is -4.33. The molecule has 0 heterocycles. The largest absolute Gasteiger partial charge is 0.488 e. The van der Waals surface area contributed by atoms with Crippen LogP contribution in [0.1, 0.15) is 57.2 Å². The number of hydrogen-bond donors (Lipinski definition) is 2. The second-order valence-corrected chi connectivity index (χ2v) is 12.1. The third-order valence-corrected chi connectivity index (χ3v) is 7.43. The van der Waals surface area contributed by atoms with Crippen LogP contribution >= 0.6 is 0 Å². The number of alkyl carbamates (subject to hydrolysis) is 1. The molecule has 1 aliphatic carbocycles. The average molecular weight is 573 g/mol. The van der Waals surface area contributed by atoms with Gasteiger partial charge in [-0.2, -0.15) is 0 Å². The first-order valence-corrected chi connectivity index (χ1v) is 14.2. The Bertz CT molecular complexity index is 1380. The third-order valence-electron chi connectivity index (χ3n) is 7.43. The van der Waals surface area contributed by atoms with Crippen LogP contribution in [0, 0.1) is 5.92 Å². The fourth-order valence-corrected chi connectivity index (χ4v) is 5.31. The molecule has 0 unspecified atom stereocenters. The van der Waals surface area contributed by atoms with Gasteiger partial charge in [-0.3, -0.25) is 4.79 Å². The van der Waals surface area contributed by atoms with E-state index in [9.17, 15) is 19.5 Å². The molecule has 222 valence electrons. The first-order chi connectivity index (χ1) is 19.9. The molecular weight excluding hydrogens is 532 g/mol. The molecule has 0 spiro atoms. The number of carboxylic acid groups (broad SMARTS) is 1. The summed E-state index contributed by atoms with van der Waals surface area (Å²) in [7, 11) is 1.45. The highest BCUT2D eigenvalue weighted by Gasteiger charge is 2.35. The maximum atomic E-state index is 13.5. The summed E-state index contributed by atoms with van der Waals surface area (Å²) >= 11 is 0. The molecule has 2 N–H and O–H groups in total. The monoisotopic (exact) mass is 572 g/mol. The minimum absolute atomic E-state index is 0.100. The average Bonchev–Trinajstić information content (AvgIpc) is 3.26. The van der Waals surface area contributed by atoms with Crippen LogP contribution in [0.25, 0.3) is 11.1 Å². The quantitative estimate of drug-likeness (QED) is 0.314. The van der Waals surface area contributed by atoms with Crippen LogP contribution in [0.5, 0.6) is 5.75 Å². The third kappa shape index (κ3) is 7.11. The number of nitrogens with one attached hydrogen (secondary N) is 1. The lowest BCUT2D eigenvalue weighted by atomic mass is 9.98. The molecule has 2 amide bonds. The van der Waals surface area contributed by atoms with Gasteiger partial charge in [0.15, 0.2) is 0 Å². The first kappa shape index (κ1) is 30.6. The van der Waals surface area contributed by atoms with Crippen molar-refractivity contribution >= 4 is 18.0 Å². The van der Waals surface area contributed by atoms with E-state index < -0.39 is 30.1 Å². The normalized spacial score (nSPS) is 14.0. The molecule has 0 radical (unpaired) electrons. The summed E-state index contributed by atoms with van der Waals surface area (Å²) in [6.45, 7) is 9.55. The van der Waals surface area contributed by atoms with Crippen molar-refractivity contribution < 1.29 is 29.0 Å². The predicted octanol–water partition coefficient (Wildman–Crippen LogP) is 5.88. The van der Waals surface area contributed by atoms with Crippen LogP contribution in [0.3, 0.4) is 0 Å². The molecule has 0 aliphatic heterocycles. The van der Waals surface area contributed by atoms with E-state index in [1.807, 2.05) is 57.2 Å². The van der Waals surface area contributed by atoms with Gasteiger partial charge in [-0.15, -0.1) is 0 Å². The van der Waals surface area contributed by atoms with E-state index in [0.717, 1.165) is 27.8 Å². The Kier molecular flexibility index (Phi) is 9.24. The fraction of sp³-hybridized carbons (Fsp3) is 0.382. The van der Waals surface area contributed by atoms with E-state index in [0.29, 0.717) is 5.75 Å². The molecule has 3 aromatic carbocycles. The Balaban J connectivity index is 1.41. The van der Waals surface area contributed by atoms with Crippen molar-refractivity contribution in [2.75, 3.05) is 13.7 Å². The summed E-state index contributed by atoms with van der Waals surface area (Å²) in [6.07, 6.45) is -0.623. The fourth-order valence-electron chi connectivity index (χ4n) is 5.31. The Morgan fingerprint density at radius 1 is 0.905 bits per heavy atom. The van der Waals surface area contributed by atoms with Gasteiger partial charge in [0.1, 0.15) is 30.0 Å². The van der Waals surface area contributed by atoms with Gasteiger partial charge in [0.05, 0.1) is 0 Å². The zero-order chi connectivity index (χ0) is 30.6. The zero-order valence-electron chi connectivity index (χ0n) is 25.1. The highest BCUT2D eigenvalue weighted by molar-refractivity contribution is 5.89. The van der Waals surface area contributed by atoms with Crippen molar-refractivity contribution in [1.29, 1.82) is 0 Å². The lowest BCUT2D eigenvalue weighted by molar-refractivity contribution is -0.150. The zero-order valence-corrected chi connectivity index (χ0v) is 25.1. The molecule has 0 saturated carbocycles. The Morgan fingerprint density at radius 2 is 1.45 bits per heavy atom. The molecule has 0 bridgehead atoms. The van der Waals surface area contributed by atoms with Crippen molar-refractivity contribution in [2.45, 2.75) is 64.6 Å². The summed E-state index contributed by atoms with van der Waals surface area (Å²) in [5, 5.41) is 12.7. The van der Waals surface area contributed by atoms with E-state index in [4.69, 9.17) is 9.47 Å². The minimum atomic E-state index is -1.13. The predicted molar refractivity (Wildman–Crippen MR) is 162 cm³/mol. The first-order valence-electron chi connectivity index (χ1n) is 14.2. The van der Waals surface area contributed by atoms with Gasteiger partial charge in [0.2, 0.25) is 5.91 Å². The molecule has 0 saturated heterocycles. The van der Waals surface area contributed by atoms with Crippen LogP contribution < -0.4 is 10.1 Å². The molecule has 8 nitrogen and oxygen atoms in total. The number of carbonyl (C=O) groups excluding carboxylic acids is 2. The van der Waals surface area contributed by atoms with Crippen LogP contribution in [-0.2, 0) is 20.7 Å². The number of nitrogens with zero attached hydrogens (tertiary/aromatic N) is 1. The molecule has 3 aromatic rings. The number of carbonyl (C=O) groups is 3. The molecule has 2 atom stereocenters. The number of fused-ring (bicyclic) bond motifs is 3. The Labute approximate surface area is 247 Å². The SMILES string of the molecule is CC(C)[C@H](NC(=O)OCC1c2ccccc2-c2ccccc21)C(=O)N(C)[C@@H](Cc1ccc(OC(C)(C)C)cc1)C(=O)O. The summed E-state index contributed by atoms with van der Waals surface area (Å²) in [5.74, 6) is -1.38. The lowest BCUT2D eigenvalue weighted by Crippen LogP contribution is -2.55. The number of carboxylic acids is 1. The van der Waals surface area contributed by atoms with Gasteiger partial charge in [-0.1, -0.05) is 74.5 Å². The van der Waals surface area contributed by atoms with Gasteiger partial charge in [0, 0.05) is 19.4 Å². The van der Waals surface area contributed by atoms with Crippen molar-refractivity contribution in [3.8, 4) is 16.9 Å². The van der Waals surface area contributed by atoms with Gasteiger partial charge in [-0.25, -0.2) is 9.59 Å². The van der Waals surface area contributed by atoms with Gasteiger partial charge in [0.25, 0.3) is 0 Å². The van der Waals surface area contributed by atoms with Gasteiger partial charge >= 0.3 is 12.1 Å². The highest BCUT2D eigenvalue weighted by atomic mass is 16.5. The molecule has 0 fully saturated rings. The van der Waals surface area contributed by atoms with E-state index in [-0.39, 0.29) is 30.5 Å². The maximum absolute atomic E-state index is 13.5. The van der Waals surface area contributed by atoms with E-state index in [2.05, 4.69) is 17.4 Å². The number of ether oxygens (including phenoxy) is 2. The van der Waals surface area contributed by atoms with E-state index >= 15 is 0 Å². The molecule has 8 heteroatoms. The minimum Gasteiger partial charge on any atom is -0.488 e. The van der Waals surface area contributed by atoms with E-state index in [1.54, 1.807) is 38.1 Å². The highest BCUT2D eigenvalue weighted by Crippen LogP contribution is 2.44. The number of likely N-dealkylation sites (N-methyl/N-ethyl adjacent to an activating group) is 1. The number of rotatable bonds is 10. The number of amides is 2. The molecule has 42 heavy (non-hydrogen) atoms. The summed E-state index contributed by atoms with van der Waals surface area (Å²) in [5.41, 5.74) is 4.80. The van der Waals surface area contributed by atoms with Crippen molar-refractivity contribution in [3.63, 3.8) is 0 Å². The second-order valence-electron chi connectivity index (χ2n) is 12.1. The van der Waals surface area contributed by atoms with Crippen LogP contribution in [0.15, 0.2) is 72.8 Å². The summed E-state index contributed by atoms with van der Waals surface area (Å²) < 4.78 is 11.5. The smallest absolute Gasteiger partial charge is 0.407 e. The standard InChI is InChI=1S/C34H40N2O6/c1-21(2)30(31(37)36(6)29(32(38)39)19-22-15-17-23(18-16-22)42-34(3,4)5)35-33(40)41-20-28-26-13-9-7-11-24(26)25-12-8-10-14-27(25)28/h7-18,21,28-30H,19-20H2,1-6H3,(H,35,40)(H,38,39)/t29-,30-/m0/s1. The topological polar surface area (TPSA) is 105 Å². The number of aliphatic carboxylic acids is 1. The molecule has 4 rings (SSSR count). The molecular formula is C34H40N2O6.